The van der Waals surface area contributed by atoms with Crippen LogP contribution in [0.15, 0.2) is 48.3 Å². The molecule has 2 aliphatic heterocycles. The van der Waals surface area contributed by atoms with Crippen LogP contribution in [0.25, 0.3) is 5.70 Å². The highest BCUT2D eigenvalue weighted by molar-refractivity contribution is 7.91. The molecule has 5 rings (SSSR count). The number of piperidine rings is 1. The van der Waals surface area contributed by atoms with E-state index in [1.807, 2.05) is 17.9 Å². The molecule has 224 valence electrons. The molecule has 0 aromatic carbocycles. The number of carbonyl (C=O) groups excluding carboxylic acids is 1. The van der Waals surface area contributed by atoms with Gasteiger partial charge in [0.25, 0.3) is 5.91 Å². The standard InChI is InChI=1S/C28H30F3N5O4S2/c1-4-42(38,39)22-6-5-21(32-16-22)15-33-25(37)23-12-19-11-17(2)40-27(24(19)41-23)7-9-36(10-8-27)18(3)20-13-34-26(35-14-20)28(29,30)31/h5-6,12-14,16-17H,3-4,7-11,15H2,1-2H3,(H,33,37)/t17-/m0/s1. The SMILES string of the molecule is C=C(c1cnc(C(F)(F)F)nc1)N1CCC2(CC1)O[C@@H](C)Cc1cc(C(=O)NCc3ccc(S(=O)(=O)CC)cn3)sc12. The predicted octanol–water partition coefficient (Wildman–Crippen LogP) is 4.60. The maximum atomic E-state index is 13.1. The molecular weight excluding hydrogens is 591 g/mol. The number of aromatic nitrogens is 3. The van der Waals surface area contributed by atoms with Crippen molar-refractivity contribution in [2.24, 2.45) is 0 Å². The first-order valence-electron chi connectivity index (χ1n) is 13.4. The Kier molecular flexibility index (Phi) is 8.16. The number of alkyl halides is 3. The van der Waals surface area contributed by atoms with Crippen molar-refractivity contribution in [3.8, 4) is 0 Å². The van der Waals surface area contributed by atoms with E-state index in [-0.39, 0.29) is 29.2 Å². The molecule has 1 spiro atoms. The zero-order valence-electron chi connectivity index (χ0n) is 23.1. The number of thiophene rings is 1. The monoisotopic (exact) mass is 621 g/mol. The van der Waals surface area contributed by atoms with Crippen LogP contribution >= 0.6 is 11.3 Å². The minimum atomic E-state index is -4.61. The van der Waals surface area contributed by atoms with Crippen LogP contribution in [-0.4, -0.2) is 59.1 Å². The lowest BCUT2D eigenvalue weighted by Gasteiger charge is -2.46. The van der Waals surface area contributed by atoms with Gasteiger partial charge in [-0.3, -0.25) is 9.78 Å². The third-order valence-corrected chi connectivity index (χ3v) is 10.6. The summed E-state index contributed by atoms with van der Waals surface area (Å²) in [5, 5.41) is 2.87. The summed E-state index contributed by atoms with van der Waals surface area (Å²) in [5.74, 6) is -1.46. The van der Waals surface area contributed by atoms with Crippen LogP contribution in [0.1, 0.15) is 63.9 Å². The fourth-order valence-corrected chi connectivity index (χ4v) is 7.40. The molecule has 1 amide bonds. The second-order valence-electron chi connectivity index (χ2n) is 10.4. The number of hydrogen-bond acceptors (Lipinski definition) is 9. The fraction of sp³-hybridized carbons (Fsp3) is 0.429. The smallest absolute Gasteiger partial charge is 0.371 e. The summed E-state index contributed by atoms with van der Waals surface area (Å²) >= 11 is 1.40. The van der Waals surface area contributed by atoms with Crippen molar-refractivity contribution in [2.75, 3.05) is 18.8 Å². The zero-order valence-corrected chi connectivity index (χ0v) is 24.7. The molecule has 0 aliphatic carbocycles. The second kappa shape index (κ2) is 11.4. The van der Waals surface area contributed by atoms with E-state index >= 15 is 0 Å². The number of pyridine rings is 1. The molecule has 1 saturated heterocycles. The van der Waals surface area contributed by atoms with E-state index in [9.17, 15) is 26.4 Å². The normalized spacial score (nSPS) is 18.5. The van der Waals surface area contributed by atoms with Gasteiger partial charge in [-0.1, -0.05) is 13.5 Å². The molecule has 1 N–H and O–H groups in total. The predicted molar refractivity (Wildman–Crippen MR) is 150 cm³/mol. The van der Waals surface area contributed by atoms with Gasteiger partial charge >= 0.3 is 6.18 Å². The maximum absolute atomic E-state index is 13.1. The number of halogens is 3. The van der Waals surface area contributed by atoms with Crippen LogP contribution in [-0.2, 0) is 39.3 Å². The molecule has 9 nitrogen and oxygen atoms in total. The number of nitrogens with zero attached hydrogens (tertiary/aromatic N) is 4. The highest BCUT2D eigenvalue weighted by Gasteiger charge is 2.45. The molecule has 3 aromatic rings. The van der Waals surface area contributed by atoms with E-state index in [4.69, 9.17) is 4.74 Å². The van der Waals surface area contributed by atoms with Crippen LogP contribution in [0.4, 0.5) is 13.2 Å². The van der Waals surface area contributed by atoms with Gasteiger partial charge in [0.2, 0.25) is 5.82 Å². The lowest BCUT2D eigenvalue weighted by molar-refractivity contribution is -0.145. The summed E-state index contributed by atoms with van der Waals surface area (Å²) < 4.78 is 69.1. The average Bonchev–Trinajstić information content (AvgIpc) is 3.41. The van der Waals surface area contributed by atoms with Gasteiger partial charge in [0.15, 0.2) is 9.84 Å². The Morgan fingerprint density at radius 3 is 2.48 bits per heavy atom. The summed E-state index contributed by atoms with van der Waals surface area (Å²) in [6.45, 7) is 8.90. The van der Waals surface area contributed by atoms with Gasteiger partial charge in [0.05, 0.1) is 33.9 Å². The van der Waals surface area contributed by atoms with Crippen molar-refractivity contribution < 1.29 is 31.1 Å². The van der Waals surface area contributed by atoms with E-state index in [1.54, 1.807) is 13.0 Å². The number of likely N-dealkylation sites (tertiary alicyclic amines) is 1. The largest absolute Gasteiger partial charge is 0.451 e. The Hall–Kier alpha value is -3.36. The summed E-state index contributed by atoms with van der Waals surface area (Å²) in [4.78, 5) is 27.9. The number of ether oxygens (including phenoxy) is 1. The fourth-order valence-electron chi connectivity index (χ4n) is 5.28. The molecule has 42 heavy (non-hydrogen) atoms. The van der Waals surface area contributed by atoms with E-state index in [2.05, 4.69) is 26.8 Å². The molecule has 0 radical (unpaired) electrons. The van der Waals surface area contributed by atoms with E-state index in [0.717, 1.165) is 22.8 Å². The summed E-state index contributed by atoms with van der Waals surface area (Å²) in [6.07, 6.45) is 0.827. The Morgan fingerprint density at radius 1 is 1.19 bits per heavy atom. The highest BCUT2D eigenvalue weighted by Crippen LogP contribution is 2.47. The summed E-state index contributed by atoms with van der Waals surface area (Å²) in [5.41, 5.74) is 2.00. The lowest BCUT2D eigenvalue weighted by atomic mass is 9.83. The summed E-state index contributed by atoms with van der Waals surface area (Å²) in [7, 11) is -3.35. The van der Waals surface area contributed by atoms with E-state index < -0.39 is 27.4 Å². The quantitative estimate of drug-likeness (QED) is 0.407. The average molecular weight is 622 g/mol. The van der Waals surface area contributed by atoms with Crippen molar-refractivity contribution in [3.05, 3.63) is 75.8 Å². The number of hydrogen-bond donors (Lipinski definition) is 1. The van der Waals surface area contributed by atoms with E-state index in [0.29, 0.717) is 54.2 Å². The van der Waals surface area contributed by atoms with Crippen LogP contribution < -0.4 is 5.32 Å². The van der Waals surface area contributed by atoms with Gasteiger partial charge in [-0.05, 0) is 49.9 Å². The first-order valence-corrected chi connectivity index (χ1v) is 15.9. The van der Waals surface area contributed by atoms with Crippen LogP contribution in [0, 0.1) is 0 Å². The number of fused-ring (bicyclic) bond motifs is 2. The van der Waals surface area contributed by atoms with E-state index in [1.165, 1.54) is 23.6 Å². The third-order valence-electron chi connectivity index (χ3n) is 7.54. The molecule has 1 fully saturated rings. The molecule has 5 heterocycles. The molecule has 0 unspecified atom stereocenters. The number of carbonyl (C=O) groups is 1. The molecule has 0 bridgehead atoms. The molecule has 3 aromatic heterocycles. The van der Waals surface area contributed by atoms with Crippen LogP contribution in [0.3, 0.4) is 0 Å². The Morgan fingerprint density at radius 2 is 1.88 bits per heavy atom. The van der Waals surface area contributed by atoms with Crippen molar-refractivity contribution in [3.63, 3.8) is 0 Å². The first kappa shape index (κ1) is 30.1. The van der Waals surface area contributed by atoms with Gasteiger partial charge in [-0.2, -0.15) is 13.2 Å². The zero-order chi connectivity index (χ0) is 30.3. The highest BCUT2D eigenvalue weighted by atomic mass is 32.2. The van der Waals surface area contributed by atoms with Crippen LogP contribution in [0.2, 0.25) is 0 Å². The van der Waals surface area contributed by atoms with Gasteiger partial charge < -0.3 is 15.0 Å². The molecule has 2 aliphatic rings. The Balaban J connectivity index is 1.25. The summed E-state index contributed by atoms with van der Waals surface area (Å²) in [6, 6.07) is 4.99. The van der Waals surface area contributed by atoms with Crippen molar-refractivity contribution in [1.82, 2.24) is 25.2 Å². The second-order valence-corrected chi connectivity index (χ2v) is 13.7. The van der Waals surface area contributed by atoms with Crippen molar-refractivity contribution >= 4 is 32.8 Å². The van der Waals surface area contributed by atoms with Gasteiger partial charge in [-0.25, -0.2) is 18.4 Å². The topological polar surface area (TPSA) is 114 Å². The van der Waals surface area contributed by atoms with Gasteiger partial charge in [-0.15, -0.1) is 11.3 Å². The van der Waals surface area contributed by atoms with Crippen molar-refractivity contribution in [1.29, 1.82) is 0 Å². The number of sulfone groups is 1. The van der Waals surface area contributed by atoms with Crippen molar-refractivity contribution in [2.45, 2.75) is 62.4 Å². The minimum Gasteiger partial charge on any atom is -0.371 e. The molecule has 0 saturated carbocycles. The maximum Gasteiger partial charge on any atom is 0.451 e. The van der Waals surface area contributed by atoms with Crippen LogP contribution in [0.5, 0.6) is 0 Å². The number of amides is 1. The first-order chi connectivity index (χ1) is 19.8. The van der Waals surface area contributed by atoms with Gasteiger partial charge in [0.1, 0.15) is 5.60 Å². The molecule has 14 heteroatoms. The lowest BCUT2D eigenvalue weighted by Crippen LogP contribution is -2.47. The Labute approximate surface area is 245 Å². The Bertz CT molecular complexity index is 1580. The number of rotatable bonds is 7. The van der Waals surface area contributed by atoms with Gasteiger partial charge in [0, 0.05) is 47.8 Å². The number of nitrogens with one attached hydrogen (secondary N) is 1. The minimum absolute atomic E-state index is 0.0154. The molecule has 1 atom stereocenters. The third kappa shape index (κ3) is 6.06. The molecular formula is C28H30F3N5O4S2.